The smallest absolute Gasteiger partial charge is 0.262 e. The molecule has 1 aliphatic rings. The van der Waals surface area contributed by atoms with Crippen LogP contribution in [0.5, 0.6) is 5.75 Å². The zero-order valence-electron chi connectivity index (χ0n) is 14.8. The maximum absolute atomic E-state index is 12.1. The Balaban J connectivity index is 1.52. The molecule has 0 aliphatic carbocycles. The zero-order valence-corrected chi connectivity index (χ0v) is 16.4. The lowest BCUT2D eigenvalue weighted by Crippen LogP contribution is -2.28. The van der Waals surface area contributed by atoms with Gasteiger partial charge in [0, 0.05) is 18.5 Å². The number of aryl methyl sites for hydroxylation is 1. The number of rotatable bonds is 6. The third-order valence-electron chi connectivity index (χ3n) is 4.18. The van der Waals surface area contributed by atoms with Crippen molar-refractivity contribution < 1.29 is 19.1 Å². The molecule has 0 radical (unpaired) electrons. The first-order chi connectivity index (χ1) is 12.9. The van der Waals surface area contributed by atoms with E-state index < -0.39 is 0 Å². The van der Waals surface area contributed by atoms with Gasteiger partial charge in [-0.1, -0.05) is 18.2 Å². The molecule has 0 saturated carbocycles. The van der Waals surface area contributed by atoms with E-state index in [2.05, 4.69) is 21.2 Å². The van der Waals surface area contributed by atoms with Crippen LogP contribution in [0.4, 0.5) is 5.69 Å². The molecule has 3 amide bonds. The van der Waals surface area contributed by atoms with Crippen LogP contribution in [0.2, 0.25) is 0 Å². The van der Waals surface area contributed by atoms with Gasteiger partial charge in [-0.15, -0.1) is 0 Å². The number of imide groups is 1. The first-order valence-electron chi connectivity index (χ1n) is 8.53. The molecule has 0 atom stereocenters. The summed E-state index contributed by atoms with van der Waals surface area (Å²) in [6, 6.07) is 12.7. The van der Waals surface area contributed by atoms with E-state index in [0.717, 1.165) is 15.6 Å². The van der Waals surface area contributed by atoms with Crippen LogP contribution in [0, 0.1) is 6.92 Å². The maximum atomic E-state index is 12.1. The van der Waals surface area contributed by atoms with Crippen LogP contribution in [0.1, 0.15) is 24.0 Å². The Labute approximate surface area is 165 Å². The number of hydrogen-bond acceptors (Lipinski definition) is 4. The molecule has 7 heteroatoms. The molecule has 0 unspecified atom stereocenters. The van der Waals surface area contributed by atoms with E-state index in [4.69, 9.17) is 4.74 Å². The van der Waals surface area contributed by atoms with E-state index in [0.29, 0.717) is 11.4 Å². The lowest BCUT2D eigenvalue weighted by molar-refractivity contribution is -0.139. The number of likely N-dealkylation sites (tertiary alicyclic amines) is 1. The Bertz CT molecular complexity index is 864. The summed E-state index contributed by atoms with van der Waals surface area (Å²) in [7, 11) is 0. The summed E-state index contributed by atoms with van der Waals surface area (Å²) in [6.45, 7) is 2.12. The zero-order chi connectivity index (χ0) is 19.4. The topological polar surface area (TPSA) is 75.7 Å². The normalized spacial score (nSPS) is 13.8. The number of hydrogen-bond donors (Lipinski definition) is 1. The Morgan fingerprint density at radius 1 is 1.11 bits per heavy atom. The van der Waals surface area contributed by atoms with Gasteiger partial charge in [-0.3, -0.25) is 19.3 Å². The Morgan fingerprint density at radius 3 is 2.41 bits per heavy atom. The molecule has 3 rings (SSSR count). The van der Waals surface area contributed by atoms with Crippen LogP contribution in [0.15, 0.2) is 46.9 Å². The fraction of sp³-hybridized carbons (Fsp3) is 0.250. The number of benzene rings is 2. The van der Waals surface area contributed by atoms with E-state index in [1.165, 1.54) is 4.90 Å². The highest BCUT2D eigenvalue weighted by molar-refractivity contribution is 9.10. The second kappa shape index (κ2) is 8.35. The van der Waals surface area contributed by atoms with Crippen LogP contribution < -0.4 is 10.1 Å². The van der Waals surface area contributed by atoms with Gasteiger partial charge < -0.3 is 10.1 Å². The fourth-order valence-corrected chi connectivity index (χ4v) is 3.35. The number of carbonyl (C=O) groups is 3. The van der Waals surface area contributed by atoms with Crippen molar-refractivity contribution in [2.45, 2.75) is 26.3 Å². The van der Waals surface area contributed by atoms with Crippen LogP contribution >= 0.6 is 15.9 Å². The summed E-state index contributed by atoms with van der Waals surface area (Å²) >= 11 is 3.41. The van der Waals surface area contributed by atoms with Gasteiger partial charge in [0.15, 0.2) is 6.61 Å². The van der Waals surface area contributed by atoms with Gasteiger partial charge in [0.2, 0.25) is 11.8 Å². The first-order valence-corrected chi connectivity index (χ1v) is 9.32. The Hall–Kier alpha value is -2.67. The molecule has 6 nitrogen and oxygen atoms in total. The highest BCUT2D eigenvalue weighted by Gasteiger charge is 2.28. The van der Waals surface area contributed by atoms with Crippen molar-refractivity contribution in [3.05, 3.63) is 58.1 Å². The maximum Gasteiger partial charge on any atom is 0.262 e. The van der Waals surface area contributed by atoms with Crippen molar-refractivity contribution >= 4 is 39.3 Å². The molecule has 1 heterocycles. The van der Waals surface area contributed by atoms with Gasteiger partial charge in [0.1, 0.15) is 5.75 Å². The molecule has 27 heavy (non-hydrogen) atoms. The standard InChI is InChI=1S/C20H19BrN2O4/c1-13-2-7-17(16(21)10-13)27-12-18(24)22-15-5-3-14(4-6-15)11-23-19(25)8-9-20(23)26/h2-7,10H,8-9,11-12H2,1H3,(H,22,24). The molecule has 1 fully saturated rings. The number of amides is 3. The Kier molecular flexibility index (Phi) is 5.91. The molecular formula is C20H19BrN2O4. The van der Waals surface area contributed by atoms with Gasteiger partial charge in [0.25, 0.3) is 5.91 Å². The molecule has 2 aromatic carbocycles. The third-order valence-corrected chi connectivity index (χ3v) is 4.80. The summed E-state index contributed by atoms with van der Waals surface area (Å²) in [6.07, 6.45) is 0.564. The Morgan fingerprint density at radius 2 is 1.78 bits per heavy atom. The minimum atomic E-state index is -0.278. The highest BCUT2D eigenvalue weighted by atomic mass is 79.9. The molecule has 0 aromatic heterocycles. The van der Waals surface area contributed by atoms with Crippen molar-refractivity contribution in [3.8, 4) is 5.75 Å². The van der Waals surface area contributed by atoms with E-state index in [9.17, 15) is 14.4 Å². The quantitative estimate of drug-likeness (QED) is 0.712. The molecule has 1 saturated heterocycles. The van der Waals surface area contributed by atoms with E-state index >= 15 is 0 Å². The number of halogens is 1. The van der Waals surface area contributed by atoms with Crippen molar-refractivity contribution in [2.75, 3.05) is 11.9 Å². The highest BCUT2D eigenvalue weighted by Crippen LogP contribution is 2.25. The van der Waals surface area contributed by atoms with Crippen LogP contribution in [0.25, 0.3) is 0 Å². The summed E-state index contributed by atoms with van der Waals surface area (Å²) in [4.78, 5) is 36.7. The SMILES string of the molecule is Cc1ccc(OCC(=O)Nc2ccc(CN3C(=O)CCC3=O)cc2)c(Br)c1. The van der Waals surface area contributed by atoms with Crippen LogP contribution in [0.3, 0.4) is 0 Å². The molecule has 0 spiro atoms. The van der Waals surface area contributed by atoms with Crippen LogP contribution in [-0.2, 0) is 20.9 Å². The van der Waals surface area contributed by atoms with Gasteiger partial charge >= 0.3 is 0 Å². The second-order valence-corrected chi connectivity index (χ2v) is 7.20. The summed E-state index contributed by atoms with van der Waals surface area (Å²) in [5.74, 6) is 0.0414. The summed E-state index contributed by atoms with van der Waals surface area (Å²) < 4.78 is 6.32. The second-order valence-electron chi connectivity index (χ2n) is 6.34. The predicted octanol–water partition coefficient (Wildman–Crippen LogP) is 3.42. The van der Waals surface area contributed by atoms with E-state index in [1.807, 2.05) is 25.1 Å². The first kappa shape index (κ1) is 19.1. The fourth-order valence-electron chi connectivity index (χ4n) is 2.74. The number of nitrogens with zero attached hydrogens (tertiary/aromatic N) is 1. The molecular weight excluding hydrogens is 412 g/mol. The van der Waals surface area contributed by atoms with Crippen molar-refractivity contribution in [1.29, 1.82) is 0 Å². The molecule has 140 valence electrons. The minimum absolute atomic E-state index is 0.111. The number of anilines is 1. The number of ether oxygens (including phenoxy) is 1. The number of carbonyl (C=O) groups excluding carboxylic acids is 3. The lowest BCUT2D eigenvalue weighted by Gasteiger charge is -2.14. The van der Waals surface area contributed by atoms with E-state index in [-0.39, 0.29) is 43.7 Å². The third kappa shape index (κ3) is 4.95. The largest absolute Gasteiger partial charge is 0.483 e. The number of nitrogens with one attached hydrogen (secondary N) is 1. The molecule has 0 bridgehead atoms. The molecule has 2 aromatic rings. The van der Waals surface area contributed by atoms with Crippen molar-refractivity contribution in [2.24, 2.45) is 0 Å². The van der Waals surface area contributed by atoms with Gasteiger partial charge in [0.05, 0.1) is 11.0 Å². The van der Waals surface area contributed by atoms with Crippen molar-refractivity contribution in [1.82, 2.24) is 4.90 Å². The van der Waals surface area contributed by atoms with Crippen LogP contribution in [-0.4, -0.2) is 29.2 Å². The van der Waals surface area contributed by atoms with Crippen molar-refractivity contribution in [3.63, 3.8) is 0 Å². The summed E-state index contributed by atoms with van der Waals surface area (Å²) in [5.41, 5.74) is 2.54. The van der Waals surface area contributed by atoms with Gasteiger partial charge in [-0.2, -0.15) is 0 Å². The predicted molar refractivity (Wildman–Crippen MR) is 104 cm³/mol. The summed E-state index contributed by atoms with van der Waals surface area (Å²) in [5, 5.41) is 2.75. The molecule has 1 aliphatic heterocycles. The van der Waals surface area contributed by atoms with Gasteiger partial charge in [-0.05, 0) is 58.2 Å². The monoisotopic (exact) mass is 430 g/mol. The average molecular weight is 431 g/mol. The molecule has 1 N–H and O–H groups in total. The van der Waals surface area contributed by atoms with Gasteiger partial charge in [-0.25, -0.2) is 0 Å². The average Bonchev–Trinajstić information content (AvgIpc) is 2.94. The minimum Gasteiger partial charge on any atom is -0.483 e. The lowest BCUT2D eigenvalue weighted by atomic mass is 10.2. The van der Waals surface area contributed by atoms with E-state index in [1.54, 1.807) is 24.3 Å².